The van der Waals surface area contributed by atoms with Crippen molar-refractivity contribution in [2.45, 2.75) is 18.3 Å². The summed E-state index contributed by atoms with van der Waals surface area (Å²) in [5.41, 5.74) is -0.0453. The predicted molar refractivity (Wildman–Crippen MR) is 59.9 cm³/mol. The lowest BCUT2D eigenvalue weighted by molar-refractivity contribution is -0.0261. The Balaban J connectivity index is 2.23. The van der Waals surface area contributed by atoms with E-state index in [1.54, 1.807) is 18.2 Å². The molecule has 17 heavy (non-hydrogen) atoms. The molecule has 1 heterocycles. The van der Waals surface area contributed by atoms with Crippen LogP contribution in [0.25, 0.3) is 0 Å². The summed E-state index contributed by atoms with van der Waals surface area (Å²) in [6.07, 6.45) is 1.22. The molecular formula is C11H10ClF2N3. The number of rotatable bonds is 4. The van der Waals surface area contributed by atoms with Crippen LogP contribution in [0, 0.1) is 0 Å². The zero-order valence-corrected chi connectivity index (χ0v) is 9.61. The van der Waals surface area contributed by atoms with Crippen molar-refractivity contribution in [1.29, 1.82) is 0 Å². The largest absolute Gasteiger partial charge is 0.292 e. The van der Waals surface area contributed by atoms with E-state index >= 15 is 0 Å². The highest BCUT2D eigenvalue weighted by Crippen LogP contribution is 2.29. The standard InChI is InChI=1S/C11H10ClF2N3/c12-6-10-15-8-16-17(10)7-11(13,14)9-4-2-1-3-5-9/h1-5,8H,6-7H2. The van der Waals surface area contributed by atoms with E-state index in [1.165, 1.54) is 18.5 Å². The van der Waals surface area contributed by atoms with E-state index in [0.29, 0.717) is 5.82 Å². The first kappa shape index (κ1) is 12.0. The maximum Gasteiger partial charge on any atom is 0.292 e. The van der Waals surface area contributed by atoms with E-state index < -0.39 is 12.5 Å². The second-order valence-electron chi connectivity index (χ2n) is 3.54. The molecule has 0 fully saturated rings. The Kier molecular flexibility index (Phi) is 3.38. The van der Waals surface area contributed by atoms with E-state index in [0.717, 1.165) is 4.68 Å². The summed E-state index contributed by atoms with van der Waals surface area (Å²) in [6.45, 7) is -0.556. The van der Waals surface area contributed by atoms with Crippen LogP contribution in [0.5, 0.6) is 0 Å². The van der Waals surface area contributed by atoms with Crippen molar-refractivity contribution >= 4 is 11.6 Å². The normalized spacial score (nSPS) is 11.7. The second-order valence-corrected chi connectivity index (χ2v) is 3.81. The van der Waals surface area contributed by atoms with Crippen molar-refractivity contribution in [2.75, 3.05) is 0 Å². The molecule has 90 valence electrons. The Morgan fingerprint density at radius 3 is 2.59 bits per heavy atom. The van der Waals surface area contributed by atoms with E-state index in [9.17, 15) is 8.78 Å². The molecule has 0 radical (unpaired) electrons. The molecule has 0 N–H and O–H groups in total. The molecule has 0 unspecified atom stereocenters. The van der Waals surface area contributed by atoms with Gasteiger partial charge < -0.3 is 0 Å². The van der Waals surface area contributed by atoms with Crippen LogP contribution in [0.3, 0.4) is 0 Å². The van der Waals surface area contributed by atoms with Gasteiger partial charge in [-0.3, -0.25) is 0 Å². The molecule has 0 spiro atoms. The van der Waals surface area contributed by atoms with Gasteiger partial charge in [-0.15, -0.1) is 11.6 Å². The predicted octanol–water partition coefficient (Wildman–Crippen LogP) is 2.81. The fourth-order valence-electron chi connectivity index (χ4n) is 1.49. The van der Waals surface area contributed by atoms with E-state index in [-0.39, 0.29) is 11.4 Å². The number of alkyl halides is 3. The fourth-order valence-corrected chi connectivity index (χ4v) is 1.69. The van der Waals surface area contributed by atoms with Gasteiger partial charge >= 0.3 is 0 Å². The van der Waals surface area contributed by atoms with Gasteiger partial charge in [-0.2, -0.15) is 13.9 Å². The number of nitrogens with zero attached hydrogens (tertiary/aromatic N) is 3. The van der Waals surface area contributed by atoms with Gasteiger partial charge in [0, 0.05) is 5.56 Å². The van der Waals surface area contributed by atoms with E-state index in [4.69, 9.17) is 11.6 Å². The number of benzene rings is 1. The smallest absolute Gasteiger partial charge is 0.242 e. The molecule has 3 nitrogen and oxygen atoms in total. The Morgan fingerprint density at radius 1 is 1.24 bits per heavy atom. The van der Waals surface area contributed by atoms with Gasteiger partial charge in [0.05, 0.1) is 5.88 Å². The van der Waals surface area contributed by atoms with Crippen molar-refractivity contribution in [1.82, 2.24) is 14.8 Å². The molecule has 0 saturated heterocycles. The molecule has 6 heteroatoms. The van der Waals surface area contributed by atoms with Crippen molar-refractivity contribution in [3.63, 3.8) is 0 Å². The molecule has 0 bridgehead atoms. The number of aromatic nitrogens is 3. The summed E-state index contributed by atoms with van der Waals surface area (Å²) < 4.78 is 28.9. The van der Waals surface area contributed by atoms with Crippen molar-refractivity contribution in [3.05, 3.63) is 48.0 Å². The quantitative estimate of drug-likeness (QED) is 0.789. The van der Waals surface area contributed by atoms with Crippen LogP contribution in [0.4, 0.5) is 8.78 Å². The second kappa shape index (κ2) is 4.79. The van der Waals surface area contributed by atoms with Gasteiger partial charge in [-0.25, -0.2) is 9.67 Å². The molecule has 0 atom stereocenters. The highest BCUT2D eigenvalue weighted by atomic mass is 35.5. The molecule has 1 aromatic carbocycles. The lowest BCUT2D eigenvalue weighted by Gasteiger charge is -2.17. The van der Waals surface area contributed by atoms with Crippen LogP contribution in [-0.4, -0.2) is 14.8 Å². The fraction of sp³-hybridized carbons (Fsp3) is 0.273. The third-order valence-corrected chi connectivity index (χ3v) is 2.60. The Hall–Kier alpha value is -1.49. The Bertz CT molecular complexity index is 484. The highest BCUT2D eigenvalue weighted by molar-refractivity contribution is 6.16. The van der Waals surface area contributed by atoms with E-state index in [2.05, 4.69) is 10.1 Å². The summed E-state index contributed by atoms with van der Waals surface area (Å²) in [7, 11) is 0. The topological polar surface area (TPSA) is 30.7 Å². The van der Waals surface area contributed by atoms with Gasteiger partial charge in [0.15, 0.2) is 0 Å². The first-order valence-electron chi connectivity index (χ1n) is 4.99. The zero-order valence-electron chi connectivity index (χ0n) is 8.85. The monoisotopic (exact) mass is 257 g/mol. The summed E-state index contributed by atoms with van der Waals surface area (Å²) in [5, 5.41) is 3.74. The van der Waals surface area contributed by atoms with Gasteiger partial charge in [0.1, 0.15) is 18.7 Å². The van der Waals surface area contributed by atoms with Crippen molar-refractivity contribution in [2.24, 2.45) is 0 Å². The maximum absolute atomic E-state index is 13.9. The van der Waals surface area contributed by atoms with Gasteiger partial charge in [0.25, 0.3) is 5.92 Å². The average molecular weight is 258 g/mol. The lowest BCUT2D eigenvalue weighted by atomic mass is 10.1. The molecule has 2 rings (SSSR count). The number of hydrogen-bond acceptors (Lipinski definition) is 2. The van der Waals surface area contributed by atoms with Crippen LogP contribution in [0.2, 0.25) is 0 Å². The zero-order chi connectivity index (χ0) is 12.3. The highest BCUT2D eigenvalue weighted by Gasteiger charge is 2.33. The number of hydrogen-bond donors (Lipinski definition) is 0. The molecule has 2 aromatic rings. The van der Waals surface area contributed by atoms with Crippen LogP contribution in [-0.2, 0) is 18.3 Å². The average Bonchev–Trinajstić information content (AvgIpc) is 2.77. The third-order valence-electron chi connectivity index (χ3n) is 2.36. The first-order chi connectivity index (χ1) is 8.13. The van der Waals surface area contributed by atoms with Gasteiger partial charge in [0.2, 0.25) is 0 Å². The maximum atomic E-state index is 13.9. The van der Waals surface area contributed by atoms with Crippen LogP contribution >= 0.6 is 11.6 Å². The molecule has 0 aliphatic rings. The van der Waals surface area contributed by atoms with Gasteiger partial charge in [-0.05, 0) is 0 Å². The molecule has 0 saturated carbocycles. The van der Waals surface area contributed by atoms with Crippen molar-refractivity contribution < 1.29 is 8.78 Å². The summed E-state index contributed by atoms with van der Waals surface area (Å²) in [4.78, 5) is 3.80. The first-order valence-corrected chi connectivity index (χ1v) is 5.53. The molecule has 0 amide bonds. The Labute approximate surface area is 102 Å². The number of halogens is 3. The SMILES string of the molecule is FC(F)(Cn1ncnc1CCl)c1ccccc1. The minimum atomic E-state index is -2.99. The van der Waals surface area contributed by atoms with Gasteiger partial charge in [-0.1, -0.05) is 30.3 Å². The lowest BCUT2D eigenvalue weighted by Crippen LogP contribution is -2.23. The van der Waals surface area contributed by atoms with Crippen LogP contribution in [0.1, 0.15) is 11.4 Å². The summed E-state index contributed by atoms with van der Waals surface area (Å²) in [5.74, 6) is -2.59. The molecule has 0 aliphatic heterocycles. The van der Waals surface area contributed by atoms with Crippen LogP contribution in [0.15, 0.2) is 36.7 Å². The summed E-state index contributed by atoms with van der Waals surface area (Å²) >= 11 is 5.58. The minimum absolute atomic E-state index is 0.0453. The molecule has 1 aromatic heterocycles. The molecular weight excluding hydrogens is 248 g/mol. The van der Waals surface area contributed by atoms with E-state index in [1.807, 2.05) is 0 Å². The van der Waals surface area contributed by atoms with Crippen LogP contribution < -0.4 is 0 Å². The third kappa shape index (κ3) is 2.61. The van der Waals surface area contributed by atoms with Crippen molar-refractivity contribution in [3.8, 4) is 0 Å². The molecule has 0 aliphatic carbocycles. The summed E-state index contributed by atoms with van der Waals surface area (Å²) in [6, 6.07) is 7.62. The minimum Gasteiger partial charge on any atom is -0.242 e. The Morgan fingerprint density at radius 2 is 1.94 bits per heavy atom.